The van der Waals surface area contributed by atoms with E-state index in [-0.39, 0.29) is 28.6 Å². The third-order valence-electron chi connectivity index (χ3n) is 5.89. The van der Waals surface area contributed by atoms with Gasteiger partial charge in [-0.3, -0.25) is 9.59 Å². The minimum absolute atomic E-state index is 0.00714. The summed E-state index contributed by atoms with van der Waals surface area (Å²) in [5, 5.41) is 10.5. The first-order chi connectivity index (χ1) is 14.7. The van der Waals surface area contributed by atoms with Crippen LogP contribution >= 0.6 is 0 Å². The SMILES string of the molecule is COc1cc(C2c3c(oc4cc(C)c(C)cc4c3=O)C(=O)N2CCN(C)C)ccc1O. The molecule has 0 radical (unpaired) electrons. The highest BCUT2D eigenvalue weighted by molar-refractivity contribution is 5.99. The molecule has 31 heavy (non-hydrogen) atoms. The van der Waals surface area contributed by atoms with E-state index in [2.05, 4.69) is 0 Å². The monoisotopic (exact) mass is 422 g/mol. The first kappa shape index (κ1) is 20.9. The number of hydrogen-bond acceptors (Lipinski definition) is 6. The number of carbonyl (C=O) groups excluding carboxylic acids is 1. The van der Waals surface area contributed by atoms with Crippen LogP contribution in [0.25, 0.3) is 11.0 Å². The van der Waals surface area contributed by atoms with Crippen LogP contribution in [-0.2, 0) is 0 Å². The topological polar surface area (TPSA) is 83.2 Å². The lowest BCUT2D eigenvalue weighted by Crippen LogP contribution is -2.35. The summed E-state index contributed by atoms with van der Waals surface area (Å²) in [7, 11) is 5.31. The van der Waals surface area contributed by atoms with Gasteiger partial charge < -0.3 is 24.1 Å². The van der Waals surface area contributed by atoms with Crippen molar-refractivity contribution in [2.24, 2.45) is 0 Å². The Labute approximate surface area is 180 Å². The molecule has 1 aromatic heterocycles. The van der Waals surface area contributed by atoms with Crippen molar-refractivity contribution in [1.29, 1.82) is 0 Å². The Morgan fingerprint density at radius 2 is 1.84 bits per heavy atom. The number of amides is 1. The number of aromatic hydroxyl groups is 1. The fourth-order valence-electron chi connectivity index (χ4n) is 4.02. The van der Waals surface area contributed by atoms with Gasteiger partial charge in [-0.1, -0.05) is 6.07 Å². The van der Waals surface area contributed by atoms with Gasteiger partial charge in [0.05, 0.1) is 24.1 Å². The number of aryl methyl sites for hydroxylation is 2. The molecule has 0 aliphatic carbocycles. The van der Waals surface area contributed by atoms with Crippen molar-refractivity contribution in [1.82, 2.24) is 9.80 Å². The Balaban J connectivity index is 1.97. The molecule has 1 atom stereocenters. The van der Waals surface area contributed by atoms with Gasteiger partial charge in [0.25, 0.3) is 5.91 Å². The summed E-state index contributed by atoms with van der Waals surface area (Å²) >= 11 is 0. The highest BCUT2D eigenvalue weighted by Gasteiger charge is 2.42. The van der Waals surface area contributed by atoms with Crippen LogP contribution in [0.15, 0.2) is 39.5 Å². The Hall–Kier alpha value is -3.32. The molecular weight excluding hydrogens is 396 g/mol. The summed E-state index contributed by atoms with van der Waals surface area (Å²) in [5.74, 6) is 0.0394. The van der Waals surface area contributed by atoms with E-state index in [1.54, 1.807) is 23.1 Å². The largest absolute Gasteiger partial charge is 0.504 e. The molecule has 1 aliphatic rings. The first-order valence-electron chi connectivity index (χ1n) is 10.1. The average molecular weight is 422 g/mol. The molecule has 0 saturated carbocycles. The lowest BCUT2D eigenvalue weighted by Gasteiger charge is -2.26. The molecular formula is C24H26N2O5. The molecule has 4 rings (SSSR count). The van der Waals surface area contributed by atoms with Crippen molar-refractivity contribution in [3.63, 3.8) is 0 Å². The lowest BCUT2D eigenvalue weighted by atomic mass is 9.97. The minimum Gasteiger partial charge on any atom is -0.504 e. The molecule has 1 aliphatic heterocycles. The molecule has 0 bridgehead atoms. The van der Waals surface area contributed by atoms with Crippen molar-refractivity contribution >= 4 is 16.9 Å². The van der Waals surface area contributed by atoms with Gasteiger partial charge >= 0.3 is 0 Å². The highest BCUT2D eigenvalue weighted by atomic mass is 16.5. The van der Waals surface area contributed by atoms with Crippen molar-refractivity contribution in [3.05, 3.63) is 68.6 Å². The number of hydrogen-bond donors (Lipinski definition) is 1. The second-order valence-corrected chi connectivity index (χ2v) is 8.24. The normalized spacial score (nSPS) is 15.7. The number of benzene rings is 2. The highest BCUT2D eigenvalue weighted by Crippen LogP contribution is 2.40. The molecule has 2 aromatic carbocycles. The van der Waals surface area contributed by atoms with Crippen molar-refractivity contribution < 1.29 is 19.1 Å². The van der Waals surface area contributed by atoms with E-state index in [1.807, 2.05) is 38.9 Å². The number of carbonyl (C=O) groups is 1. The molecule has 0 saturated heterocycles. The molecule has 1 unspecified atom stereocenters. The summed E-state index contributed by atoms with van der Waals surface area (Å²) in [4.78, 5) is 30.6. The molecule has 7 nitrogen and oxygen atoms in total. The molecule has 2 heterocycles. The van der Waals surface area contributed by atoms with Crippen LogP contribution in [0.5, 0.6) is 11.5 Å². The quantitative estimate of drug-likeness (QED) is 0.680. The zero-order chi connectivity index (χ0) is 22.4. The molecule has 162 valence electrons. The van der Waals surface area contributed by atoms with Gasteiger partial charge in [-0.25, -0.2) is 0 Å². The van der Waals surface area contributed by atoms with Gasteiger partial charge in [0.1, 0.15) is 5.58 Å². The molecule has 0 spiro atoms. The summed E-state index contributed by atoms with van der Waals surface area (Å²) in [5.41, 5.74) is 3.18. The van der Waals surface area contributed by atoms with E-state index in [9.17, 15) is 14.7 Å². The van der Waals surface area contributed by atoms with Crippen LogP contribution < -0.4 is 10.2 Å². The molecule has 1 amide bonds. The van der Waals surface area contributed by atoms with E-state index >= 15 is 0 Å². The number of rotatable bonds is 5. The number of nitrogens with zero attached hydrogens (tertiary/aromatic N) is 2. The fraction of sp³-hybridized carbons (Fsp3) is 0.333. The van der Waals surface area contributed by atoms with Crippen molar-refractivity contribution in [3.8, 4) is 11.5 Å². The van der Waals surface area contributed by atoms with Crippen molar-refractivity contribution in [2.75, 3.05) is 34.3 Å². The molecule has 7 heteroatoms. The number of phenolic OH excluding ortho intramolecular Hbond substituents is 1. The van der Waals surface area contributed by atoms with Gasteiger partial charge in [-0.15, -0.1) is 0 Å². The first-order valence-corrected chi connectivity index (χ1v) is 10.1. The second-order valence-electron chi connectivity index (χ2n) is 8.24. The zero-order valence-corrected chi connectivity index (χ0v) is 18.4. The Bertz CT molecular complexity index is 1240. The van der Waals surface area contributed by atoms with Crippen LogP contribution in [0.1, 0.15) is 38.9 Å². The van der Waals surface area contributed by atoms with Gasteiger partial charge in [-0.2, -0.15) is 0 Å². The Morgan fingerprint density at radius 3 is 2.52 bits per heavy atom. The van der Waals surface area contributed by atoms with Gasteiger partial charge in [0.2, 0.25) is 5.76 Å². The van der Waals surface area contributed by atoms with Gasteiger partial charge in [0.15, 0.2) is 16.9 Å². The molecule has 1 N–H and O–H groups in total. The van der Waals surface area contributed by atoms with E-state index in [0.717, 1.165) is 11.1 Å². The minimum atomic E-state index is -0.626. The van der Waals surface area contributed by atoms with Crippen molar-refractivity contribution in [2.45, 2.75) is 19.9 Å². The third kappa shape index (κ3) is 3.45. The predicted octanol–water partition coefficient (Wildman–Crippen LogP) is 3.23. The standard InChI is InChI=1S/C24H26N2O5/c1-13-10-16-18(11-14(13)2)31-23-20(22(16)28)21(26(24(23)29)9-8-25(3)4)15-6-7-17(27)19(12-15)30-5/h6-7,10-12,21,27H,8-9H2,1-5H3. The maximum atomic E-state index is 13.6. The maximum absolute atomic E-state index is 13.6. The summed E-state index contributed by atoms with van der Waals surface area (Å²) in [6, 6.07) is 7.88. The van der Waals surface area contributed by atoms with Gasteiger partial charge in [-0.05, 0) is 68.9 Å². The number of fused-ring (bicyclic) bond motifs is 2. The summed E-state index contributed by atoms with van der Waals surface area (Å²) in [6.45, 7) is 4.92. The maximum Gasteiger partial charge on any atom is 0.290 e. The summed E-state index contributed by atoms with van der Waals surface area (Å²) < 4.78 is 11.3. The Morgan fingerprint density at radius 1 is 1.13 bits per heavy atom. The molecule has 0 fully saturated rings. The molecule has 3 aromatic rings. The van der Waals surface area contributed by atoms with Gasteiger partial charge in [0, 0.05) is 13.1 Å². The van der Waals surface area contributed by atoms with E-state index in [4.69, 9.17) is 9.15 Å². The number of methoxy groups -OCH3 is 1. The van der Waals surface area contributed by atoms with Crippen LogP contribution in [0.3, 0.4) is 0 Å². The number of phenols is 1. The Kier molecular flexibility index (Phi) is 5.23. The van der Waals surface area contributed by atoms with Crippen LogP contribution in [-0.4, -0.2) is 55.1 Å². The average Bonchev–Trinajstić information content (AvgIpc) is 3.00. The van der Waals surface area contributed by atoms with E-state index in [1.165, 1.54) is 13.2 Å². The number of likely N-dealkylation sites (N-methyl/N-ethyl adjacent to an activating group) is 1. The van der Waals surface area contributed by atoms with Crippen LogP contribution in [0.4, 0.5) is 0 Å². The van der Waals surface area contributed by atoms with E-state index < -0.39 is 6.04 Å². The third-order valence-corrected chi connectivity index (χ3v) is 5.89. The second kappa shape index (κ2) is 7.74. The number of ether oxygens (including phenoxy) is 1. The lowest BCUT2D eigenvalue weighted by molar-refractivity contribution is 0.0716. The zero-order valence-electron chi connectivity index (χ0n) is 18.4. The summed E-state index contributed by atoms with van der Waals surface area (Å²) in [6.07, 6.45) is 0. The fourth-order valence-corrected chi connectivity index (χ4v) is 4.02. The smallest absolute Gasteiger partial charge is 0.290 e. The predicted molar refractivity (Wildman–Crippen MR) is 118 cm³/mol. The van der Waals surface area contributed by atoms with Crippen LogP contribution in [0, 0.1) is 13.8 Å². The van der Waals surface area contributed by atoms with Crippen LogP contribution in [0.2, 0.25) is 0 Å². The van der Waals surface area contributed by atoms with E-state index in [0.29, 0.717) is 35.2 Å².